The lowest BCUT2D eigenvalue weighted by atomic mass is 9.86. The number of rotatable bonds is 1. The summed E-state index contributed by atoms with van der Waals surface area (Å²) in [5.74, 6) is 0. The number of hydrogen-bond donors (Lipinski definition) is 1. The van der Waals surface area contributed by atoms with Crippen LogP contribution in [0.25, 0.3) is 27.2 Å². The summed E-state index contributed by atoms with van der Waals surface area (Å²) in [6, 6.07) is 16.1. The second-order valence-corrected chi connectivity index (χ2v) is 6.93. The van der Waals surface area contributed by atoms with Gasteiger partial charge >= 0.3 is 5.69 Å². The van der Waals surface area contributed by atoms with Crippen LogP contribution in [0.1, 0.15) is 24.0 Å². The molecule has 4 nitrogen and oxygen atoms in total. The Labute approximate surface area is 149 Å². The molecule has 4 aromatic rings. The molecule has 1 aliphatic carbocycles. The van der Waals surface area contributed by atoms with Crippen molar-refractivity contribution in [2.24, 2.45) is 0 Å². The van der Waals surface area contributed by atoms with Crippen LogP contribution in [0.15, 0.2) is 64.3 Å². The largest absolute Gasteiger partial charge is 0.332 e. The van der Waals surface area contributed by atoms with Crippen molar-refractivity contribution in [1.82, 2.24) is 9.55 Å². The van der Waals surface area contributed by atoms with E-state index in [0.29, 0.717) is 0 Å². The van der Waals surface area contributed by atoms with Crippen molar-refractivity contribution in [3.8, 4) is 5.69 Å². The zero-order chi connectivity index (χ0) is 17.7. The molecule has 0 fully saturated rings. The number of aryl methyl sites for hydroxylation is 2. The average Bonchev–Trinajstić information content (AvgIpc) is 2.67. The van der Waals surface area contributed by atoms with Gasteiger partial charge in [0.25, 0.3) is 5.56 Å². The molecule has 4 heteroatoms. The molecule has 0 saturated carbocycles. The molecule has 128 valence electrons. The fourth-order valence-electron chi connectivity index (χ4n) is 4.22. The van der Waals surface area contributed by atoms with Crippen LogP contribution in [0, 0.1) is 0 Å². The third-order valence-corrected chi connectivity index (χ3v) is 5.43. The first-order valence-electron chi connectivity index (χ1n) is 9.01. The molecular formula is C22H18N2O2. The Balaban J connectivity index is 1.95. The standard InChI is InChI=1S/C22H18N2O2/c25-21-11-12-24(22(26)23-21)20-13-19-15-6-2-1-5-14(15)9-10-17(19)16-7-3-4-8-18(16)20/h3-4,7-13H,1-2,5-6H2,(H,23,25,26). The predicted molar refractivity (Wildman–Crippen MR) is 104 cm³/mol. The summed E-state index contributed by atoms with van der Waals surface area (Å²) in [6.07, 6.45) is 6.19. The molecule has 0 saturated heterocycles. The normalized spacial score (nSPS) is 13.8. The van der Waals surface area contributed by atoms with Crippen molar-refractivity contribution in [3.63, 3.8) is 0 Å². The van der Waals surface area contributed by atoms with Gasteiger partial charge in [0.2, 0.25) is 0 Å². The van der Waals surface area contributed by atoms with Gasteiger partial charge in [0.15, 0.2) is 0 Å². The SMILES string of the molecule is O=c1ccn(-c2cc3c4c(ccc3c3ccccc23)CCCC4)c(=O)[nH]1. The van der Waals surface area contributed by atoms with Gasteiger partial charge in [-0.3, -0.25) is 14.3 Å². The molecular weight excluding hydrogens is 324 g/mol. The summed E-state index contributed by atoms with van der Waals surface area (Å²) in [6.45, 7) is 0. The molecule has 0 amide bonds. The van der Waals surface area contributed by atoms with E-state index in [2.05, 4.69) is 29.2 Å². The zero-order valence-corrected chi connectivity index (χ0v) is 14.3. The highest BCUT2D eigenvalue weighted by molar-refractivity contribution is 6.12. The molecule has 1 aliphatic rings. The zero-order valence-electron chi connectivity index (χ0n) is 14.3. The lowest BCUT2D eigenvalue weighted by molar-refractivity contribution is 0.690. The van der Waals surface area contributed by atoms with E-state index in [1.807, 2.05) is 18.2 Å². The molecule has 0 unspecified atom stereocenters. The lowest BCUT2D eigenvalue weighted by Gasteiger charge is -2.20. The average molecular weight is 342 g/mol. The lowest BCUT2D eigenvalue weighted by Crippen LogP contribution is -2.27. The molecule has 26 heavy (non-hydrogen) atoms. The van der Waals surface area contributed by atoms with Gasteiger partial charge in [-0.25, -0.2) is 4.79 Å². The van der Waals surface area contributed by atoms with E-state index in [0.717, 1.165) is 29.3 Å². The van der Waals surface area contributed by atoms with E-state index >= 15 is 0 Å². The molecule has 1 heterocycles. The molecule has 1 N–H and O–H groups in total. The summed E-state index contributed by atoms with van der Waals surface area (Å²) >= 11 is 0. The topological polar surface area (TPSA) is 54.9 Å². The summed E-state index contributed by atoms with van der Waals surface area (Å²) in [5, 5.41) is 4.58. The van der Waals surface area contributed by atoms with Crippen molar-refractivity contribution < 1.29 is 0 Å². The van der Waals surface area contributed by atoms with Crippen molar-refractivity contribution in [1.29, 1.82) is 0 Å². The fraction of sp³-hybridized carbons (Fsp3) is 0.182. The highest BCUT2D eigenvalue weighted by atomic mass is 16.2. The summed E-state index contributed by atoms with van der Waals surface area (Å²) in [4.78, 5) is 26.3. The Morgan fingerprint density at radius 3 is 2.42 bits per heavy atom. The number of aromatic nitrogens is 2. The van der Waals surface area contributed by atoms with Crippen LogP contribution in [0.2, 0.25) is 0 Å². The molecule has 0 spiro atoms. The van der Waals surface area contributed by atoms with Crippen LogP contribution in [-0.2, 0) is 12.8 Å². The minimum atomic E-state index is -0.410. The van der Waals surface area contributed by atoms with Crippen molar-refractivity contribution >= 4 is 21.5 Å². The first kappa shape index (κ1) is 15.1. The summed E-state index contributed by atoms with van der Waals surface area (Å²) in [7, 11) is 0. The molecule has 0 atom stereocenters. The number of H-pyrrole nitrogens is 1. The molecule has 0 bridgehead atoms. The molecule has 3 aromatic carbocycles. The number of aromatic amines is 1. The molecule has 5 rings (SSSR count). The van der Waals surface area contributed by atoms with E-state index in [9.17, 15) is 9.59 Å². The van der Waals surface area contributed by atoms with Gasteiger partial charge in [0.1, 0.15) is 0 Å². The van der Waals surface area contributed by atoms with E-state index in [1.54, 1.807) is 6.20 Å². The van der Waals surface area contributed by atoms with Gasteiger partial charge < -0.3 is 0 Å². The monoisotopic (exact) mass is 342 g/mol. The van der Waals surface area contributed by atoms with E-state index in [-0.39, 0.29) is 5.56 Å². The number of nitrogens with zero attached hydrogens (tertiary/aromatic N) is 1. The number of benzene rings is 3. The second kappa shape index (κ2) is 5.70. The number of fused-ring (bicyclic) bond motifs is 5. The fourth-order valence-corrected chi connectivity index (χ4v) is 4.22. The third-order valence-electron chi connectivity index (χ3n) is 5.43. The van der Waals surface area contributed by atoms with Crippen LogP contribution in [-0.4, -0.2) is 9.55 Å². The quantitative estimate of drug-likeness (QED) is 0.536. The molecule has 0 radical (unpaired) electrons. The van der Waals surface area contributed by atoms with Crippen molar-refractivity contribution in [3.05, 3.63) is 86.7 Å². The smallest absolute Gasteiger partial charge is 0.274 e. The van der Waals surface area contributed by atoms with Crippen LogP contribution < -0.4 is 11.2 Å². The Kier molecular flexibility index (Phi) is 3.32. The summed E-state index contributed by atoms with van der Waals surface area (Å²) in [5.41, 5.74) is 2.84. The highest BCUT2D eigenvalue weighted by Gasteiger charge is 2.16. The number of nitrogens with one attached hydrogen (secondary N) is 1. The number of hydrogen-bond acceptors (Lipinski definition) is 2. The first-order valence-corrected chi connectivity index (χ1v) is 9.01. The maximum absolute atomic E-state index is 12.4. The highest BCUT2D eigenvalue weighted by Crippen LogP contribution is 2.36. The third kappa shape index (κ3) is 2.22. The van der Waals surface area contributed by atoms with Crippen LogP contribution in [0.5, 0.6) is 0 Å². The van der Waals surface area contributed by atoms with Gasteiger partial charge in [-0.15, -0.1) is 0 Å². The van der Waals surface area contributed by atoms with Crippen molar-refractivity contribution in [2.75, 3.05) is 0 Å². The minimum Gasteiger partial charge on any atom is -0.274 e. The maximum atomic E-state index is 12.4. The Morgan fingerprint density at radius 1 is 0.808 bits per heavy atom. The van der Waals surface area contributed by atoms with E-state index < -0.39 is 5.69 Å². The molecule has 0 aliphatic heterocycles. The van der Waals surface area contributed by atoms with Crippen LogP contribution in [0.3, 0.4) is 0 Å². The van der Waals surface area contributed by atoms with Crippen LogP contribution in [0.4, 0.5) is 0 Å². The van der Waals surface area contributed by atoms with Gasteiger partial charge in [0, 0.05) is 17.6 Å². The van der Waals surface area contributed by atoms with E-state index in [1.165, 1.54) is 45.4 Å². The van der Waals surface area contributed by atoms with Gasteiger partial charge in [-0.1, -0.05) is 36.4 Å². The molecule has 1 aromatic heterocycles. The van der Waals surface area contributed by atoms with Crippen molar-refractivity contribution in [2.45, 2.75) is 25.7 Å². The maximum Gasteiger partial charge on any atom is 0.332 e. The van der Waals surface area contributed by atoms with Gasteiger partial charge in [-0.05, 0) is 59.0 Å². The first-order chi connectivity index (χ1) is 12.7. The summed E-state index contributed by atoms with van der Waals surface area (Å²) < 4.78 is 1.53. The van der Waals surface area contributed by atoms with E-state index in [4.69, 9.17) is 0 Å². The van der Waals surface area contributed by atoms with Crippen LogP contribution >= 0.6 is 0 Å². The Morgan fingerprint density at radius 2 is 1.58 bits per heavy atom. The minimum absolute atomic E-state index is 0.381. The van der Waals surface area contributed by atoms with Gasteiger partial charge in [-0.2, -0.15) is 0 Å². The predicted octanol–water partition coefficient (Wildman–Crippen LogP) is 3.71. The van der Waals surface area contributed by atoms with Gasteiger partial charge in [0.05, 0.1) is 5.69 Å². The Hall–Kier alpha value is -3.14. The Bertz CT molecular complexity index is 1280. The second-order valence-electron chi connectivity index (χ2n) is 6.93.